The van der Waals surface area contributed by atoms with Crippen LogP contribution in [0, 0.1) is 0 Å². The molecule has 4 heteroatoms. The minimum Gasteiger partial charge on any atom is -0.328 e. The summed E-state index contributed by atoms with van der Waals surface area (Å²) in [6.45, 7) is 0. The highest BCUT2D eigenvalue weighted by atomic mass is 32.2. The van der Waals surface area contributed by atoms with E-state index in [4.69, 9.17) is 5.73 Å². The van der Waals surface area contributed by atoms with Gasteiger partial charge in [-0.3, -0.25) is 0 Å². The maximum atomic E-state index is 5.79. The van der Waals surface area contributed by atoms with Crippen molar-refractivity contribution < 1.29 is 0 Å². The molecule has 0 aromatic rings. The summed E-state index contributed by atoms with van der Waals surface area (Å²) in [5.74, 6) is 0. The third-order valence-corrected chi connectivity index (χ3v) is 3.14. The molecule has 3 unspecified atom stereocenters. The first kappa shape index (κ1) is 6.61. The van der Waals surface area contributed by atoms with Crippen LogP contribution < -0.4 is 5.73 Å². The number of hydrogen-bond acceptors (Lipinski definition) is 4. The van der Waals surface area contributed by atoms with Gasteiger partial charge in [0.1, 0.15) is 0 Å². The van der Waals surface area contributed by atoms with Crippen LogP contribution in [0.2, 0.25) is 0 Å². The zero-order chi connectivity index (χ0) is 6.97. The SMILES string of the molecule is NC1CCC2N=NSC2C1. The number of nitrogens with zero attached hydrogens (tertiary/aromatic N) is 2. The van der Waals surface area contributed by atoms with E-state index in [0.717, 1.165) is 19.3 Å². The largest absolute Gasteiger partial charge is 0.328 e. The zero-order valence-corrected chi connectivity index (χ0v) is 6.55. The lowest BCUT2D eigenvalue weighted by molar-refractivity contribution is 0.409. The van der Waals surface area contributed by atoms with Gasteiger partial charge in [-0.2, -0.15) is 5.11 Å². The second kappa shape index (κ2) is 2.51. The predicted molar refractivity (Wildman–Crippen MR) is 41.8 cm³/mol. The average Bonchev–Trinajstić information content (AvgIpc) is 2.33. The quantitative estimate of drug-likeness (QED) is 0.539. The van der Waals surface area contributed by atoms with E-state index < -0.39 is 0 Å². The average molecular weight is 157 g/mol. The van der Waals surface area contributed by atoms with Crippen molar-refractivity contribution in [2.45, 2.75) is 36.6 Å². The summed E-state index contributed by atoms with van der Waals surface area (Å²) in [6, 6.07) is 0.891. The first-order valence-electron chi connectivity index (χ1n) is 3.68. The van der Waals surface area contributed by atoms with Crippen molar-refractivity contribution in [3.63, 3.8) is 0 Å². The van der Waals surface area contributed by atoms with Gasteiger partial charge in [0.05, 0.1) is 11.3 Å². The standard InChI is InChI=1S/C6H11N3S/c7-4-1-2-5-6(3-4)10-9-8-5/h4-6H,1-3,7H2. The van der Waals surface area contributed by atoms with Gasteiger partial charge in [-0.05, 0) is 19.3 Å². The van der Waals surface area contributed by atoms with Crippen LogP contribution in [-0.4, -0.2) is 17.3 Å². The van der Waals surface area contributed by atoms with E-state index >= 15 is 0 Å². The van der Waals surface area contributed by atoms with Crippen LogP contribution in [0.3, 0.4) is 0 Å². The maximum Gasteiger partial charge on any atom is 0.0857 e. The van der Waals surface area contributed by atoms with Gasteiger partial charge in [0.15, 0.2) is 0 Å². The predicted octanol–water partition coefficient (Wildman–Crippen LogP) is 1.35. The molecule has 10 heavy (non-hydrogen) atoms. The van der Waals surface area contributed by atoms with Crippen LogP contribution in [0.1, 0.15) is 19.3 Å². The normalized spacial score (nSPS) is 45.5. The first-order valence-corrected chi connectivity index (χ1v) is 4.51. The van der Waals surface area contributed by atoms with Gasteiger partial charge in [0.2, 0.25) is 0 Å². The fraction of sp³-hybridized carbons (Fsp3) is 1.00. The van der Waals surface area contributed by atoms with Crippen molar-refractivity contribution in [2.75, 3.05) is 0 Å². The van der Waals surface area contributed by atoms with Gasteiger partial charge in [-0.1, -0.05) is 0 Å². The topological polar surface area (TPSA) is 50.7 Å². The van der Waals surface area contributed by atoms with Crippen molar-refractivity contribution in [1.82, 2.24) is 0 Å². The Morgan fingerprint density at radius 3 is 3.20 bits per heavy atom. The number of hydrogen-bond donors (Lipinski definition) is 1. The lowest BCUT2D eigenvalue weighted by Gasteiger charge is -2.25. The molecule has 2 N–H and O–H groups in total. The van der Waals surface area contributed by atoms with E-state index in [0.29, 0.717) is 17.3 Å². The molecular formula is C6H11N3S. The fourth-order valence-corrected chi connectivity index (χ4v) is 2.50. The summed E-state index contributed by atoms with van der Waals surface area (Å²) in [4.78, 5) is 0. The lowest BCUT2D eigenvalue weighted by Crippen LogP contribution is -2.35. The van der Waals surface area contributed by atoms with Crippen LogP contribution in [0.15, 0.2) is 9.63 Å². The molecule has 0 spiro atoms. The van der Waals surface area contributed by atoms with E-state index in [-0.39, 0.29) is 0 Å². The minimum absolute atomic E-state index is 0.400. The van der Waals surface area contributed by atoms with Crippen LogP contribution in [0.4, 0.5) is 0 Å². The summed E-state index contributed by atoms with van der Waals surface area (Å²) in [5.41, 5.74) is 5.79. The van der Waals surface area contributed by atoms with Crippen molar-refractivity contribution in [2.24, 2.45) is 15.4 Å². The lowest BCUT2D eigenvalue weighted by atomic mass is 9.92. The third kappa shape index (κ3) is 1.06. The molecule has 3 atom stereocenters. The summed E-state index contributed by atoms with van der Waals surface area (Å²) < 4.78 is 3.95. The number of rotatable bonds is 0. The smallest absolute Gasteiger partial charge is 0.0857 e. The maximum absolute atomic E-state index is 5.79. The fourth-order valence-electron chi connectivity index (χ4n) is 1.54. The van der Waals surface area contributed by atoms with Crippen LogP contribution >= 0.6 is 11.9 Å². The van der Waals surface area contributed by atoms with E-state index in [1.54, 1.807) is 11.9 Å². The molecule has 2 aliphatic rings. The molecule has 2 rings (SSSR count). The van der Waals surface area contributed by atoms with Gasteiger partial charge < -0.3 is 5.73 Å². The zero-order valence-electron chi connectivity index (χ0n) is 5.73. The molecule has 0 saturated heterocycles. The molecule has 0 bridgehead atoms. The molecule has 1 heterocycles. The highest BCUT2D eigenvalue weighted by molar-refractivity contribution is 7.98. The van der Waals surface area contributed by atoms with Gasteiger partial charge in [0, 0.05) is 18.0 Å². The Morgan fingerprint density at radius 2 is 2.30 bits per heavy atom. The van der Waals surface area contributed by atoms with Gasteiger partial charge in [-0.25, -0.2) is 0 Å². The molecule has 1 aliphatic heterocycles. The van der Waals surface area contributed by atoms with Gasteiger partial charge >= 0.3 is 0 Å². The Bertz CT molecular complexity index is 159. The molecule has 56 valence electrons. The van der Waals surface area contributed by atoms with Crippen LogP contribution in [0.5, 0.6) is 0 Å². The molecule has 3 nitrogen and oxygen atoms in total. The summed E-state index contributed by atoms with van der Waals surface area (Å²) in [5, 5.41) is 4.73. The monoisotopic (exact) mass is 157 g/mol. The highest BCUT2D eigenvalue weighted by Gasteiger charge is 2.32. The van der Waals surface area contributed by atoms with E-state index in [1.807, 2.05) is 0 Å². The number of nitrogens with two attached hydrogens (primary N) is 1. The Kier molecular flexibility index (Phi) is 1.66. The van der Waals surface area contributed by atoms with Gasteiger partial charge in [0.25, 0.3) is 0 Å². The Balaban J connectivity index is 2.01. The summed E-state index contributed by atoms with van der Waals surface area (Å²) in [7, 11) is 0. The van der Waals surface area contributed by atoms with Gasteiger partial charge in [-0.15, -0.1) is 4.52 Å². The minimum atomic E-state index is 0.400. The Morgan fingerprint density at radius 1 is 1.40 bits per heavy atom. The van der Waals surface area contributed by atoms with Crippen LogP contribution in [-0.2, 0) is 0 Å². The molecule has 0 aromatic heterocycles. The van der Waals surface area contributed by atoms with E-state index in [1.165, 1.54) is 0 Å². The molecule has 0 aromatic carbocycles. The van der Waals surface area contributed by atoms with E-state index in [2.05, 4.69) is 9.63 Å². The Hall–Kier alpha value is -0.0900. The van der Waals surface area contributed by atoms with Crippen molar-refractivity contribution in [3.8, 4) is 0 Å². The highest BCUT2D eigenvalue weighted by Crippen LogP contribution is 2.36. The second-order valence-corrected chi connectivity index (χ2v) is 3.96. The number of fused-ring (bicyclic) bond motifs is 1. The molecular weight excluding hydrogens is 146 g/mol. The van der Waals surface area contributed by atoms with E-state index in [9.17, 15) is 0 Å². The van der Waals surface area contributed by atoms with Crippen molar-refractivity contribution >= 4 is 11.9 Å². The molecule has 0 amide bonds. The van der Waals surface area contributed by atoms with Crippen molar-refractivity contribution in [3.05, 3.63) is 0 Å². The second-order valence-electron chi connectivity index (χ2n) is 2.98. The third-order valence-electron chi connectivity index (χ3n) is 2.18. The molecule has 1 fully saturated rings. The first-order chi connectivity index (χ1) is 4.86. The van der Waals surface area contributed by atoms with Crippen LogP contribution in [0.25, 0.3) is 0 Å². The summed E-state index contributed by atoms with van der Waals surface area (Å²) in [6.07, 6.45) is 3.37. The van der Waals surface area contributed by atoms with Crippen molar-refractivity contribution in [1.29, 1.82) is 0 Å². The molecule has 1 aliphatic carbocycles. The Labute approximate surface area is 64.6 Å². The molecule has 1 saturated carbocycles. The molecule has 0 radical (unpaired) electrons. The summed E-state index contributed by atoms with van der Waals surface area (Å²) >= 11 is 1.61.